The summed E-state index contributed by atoms with van der Waals surface area (Å²) in [4.78, 5) is 25.7. The summed E-state index contributed by atoms with van der Waals surface area (Å²) in [6.45, 7) is 6.09. The van der Waals surface area contributed by atoms with E-state index < -0.39 is 12.0 Å². The number of aromatic nitrogens is 3. The van der Waals surface area contributed by atoms with Gasteiger partial charge >= 0.3 is 12.0 Å². The number of urea groups is 1. The lowest BCUT2D eigenvalue weighted by molar-refractivity contribution is -0.139. The zero-order valence-electron chi connectivity index (χ0n) is 15.3. The van der Waals surface area contributed by atoms with Gasteiger partial charge < -0.3 is 19.9 Å². The molecule has 1 atom stereocenters. The van der Waals surface area contributed by atoms with E-state index >= 15 is 0 Å². The normalized spacial score (nSPS) is 17.0. The van der Waals surface area contributed by atoms with Crippen LogP contribution in [0.3, 0.4) is 0 Å². The number of thiophene rings is 1. The Morgan fingerprint density at radius 3 is 2.96 bits per heavy atom. The Bertz CT molecular complexity index is 845. The summed E-state index contributed by atoms with van der Waals surface area (Å²) in [5.41, 5.74) is 0.945. The maximum absolute atomic E-state index is 12.6. The number of hydrogen-bond acceptors (Lipinski definition) is 7. The first-order valence-corrected chi connectivity index (χ1v) is 10.4. The van der Waals surface area contributed by atoms with Crippen LogP contribution in [0.1, 0.15) is 37.7 Å². The van der Waals surface area contributed by atoms with E-state index in [2.05, 4.69) is 20.8 Å². The fourth-order valence-corrected chi connectivity index (χ4v) is 4.47. The Hall–Kier alpha value is -2.33. The third-order valence-electron chi connectivity index (χ3n) is 3.92. The summed E-state index contributed by atoms with van der Waals surface area (Å²) in [5, 5.41) is 16.3. The zero-order chi connectivity index (χ0) is 19.4. The molecule has 3 heterocycles. The number of rotatable bonds is 7. The summed E-state index contributed by atoms with van der Waals surface area (Å²) in [7, 11) is 0. The summed E-state index contributed by atoms with van der Waals surface area (Å²) in [6, 6.07) is 3.11. The number of carbonyl (C=O) groups excluding carboxylic acids is 2. The number of nitrogens with one attached hydrogen (secondary N) is 2. The van der Waals surface area contributed by atoms with Gasteiger partial charge in [-0.1, -0.05) is 17.8 Å². The monoisotopic (exact) mass is 407 g/mol. The molecule has 0 bridgehead atoms. The Morgan fingerprint density at radius 2 is 2.30 bits per heavy atom. The highest BCUT2D eigenvalue weighted by atomic mass is 32.2. The molecule has 2 aromatic heterocycles. The average molecular weight is 408 g/mol. The lowest BCUT2D eigenvalue weighted by Gasteiger charge is -2.28. The molecule has 2 amide bonds. The molecule has 3 rings (SSSR count). The molecule has 0 saturated heterocycles. The van der Waals surface area contributed by atoms with E-state index in [9.17, 15) is 9.59 Å². The van der Waals surface area contributed by atoms with E-state index in [1.54, 1.807) is 13.3 Å². The molecule has 0 radical (unpaired) electrons. The van der Waals surface area contributed by atoms with E-state index in [0.717, 1.165) is 10.0 Å². The highest BCUT2D eigenvalue weighted by Gasteiger charge is 2.34. The van der Waals surface area contributed by atoms with Crippen LogP contribution in [-0.2, 0) is 9.53 Å². The number of esters is 1. The van der Waals surface area contributed by atoms with Gasteiger partial charge in [0.2, 0.25) is 0 Å². The first-order chi connectivity index (χ1) is 13.0. The molecule has 2 aromatic rings. The molecule has 1 aliphatic rings. The molecule has 0 fully saturated rings. The smallest absolute Gasteiger partial charge is 0.338 e. The minimum Gasteiger partial charge on any atom is -0.463 e. The maximum Gasteiger partial charge on any atom is 0.338 e. The van der Waals surface area contributed by atoms with Crippen LogP contribution in [0.4, 0.5) is 4.79 Å². The number of thioether (sulfide) groups is 1. The van der Waals surface area contributed by atoms with Gasteiger partial charge in [0.1, 0.15) is 6.33 Å². The molecular weight excluding hydrogens is 386 g/mol. The van der Waals surface area contributed by atoms with E-state index in [1.807, 2.05) is 35.9 Å². The van der Waals surface area contributed by atoms with Crippen LogP contribution in [0.2, 0.25) is 0 Å². The summed E-state index contributed by atoms with van der Waals surface area (Å²) in [5.74, 6) is -0.0705. The number of amides is 2. The summed E-state index contributed by atoms with van der Waals surface area (Å²) in [6.07, 6.45) is 1.67. The van der Waals surface area contributed by atoms with Crippen molar-refractivity contribution in [2.24, 2.45) is 0 Å². The van der Waals surface area contributed by atoms with E-state index in [0.29, 0.717) is 17.0 Å². The minimum absolute atomic E-state index is 0.211. The van der Waals surface area contributed by atoms with Gasteiger partial charge in [-0.25, -0.2) is 9.59 Å². The molecule has 10 heteroatoms. The van der Waals surface area contributed by atoms with E-state index in [1.165, 1.54) is 23.1 Å². The van der Waals surface area contributed by atoms with Gasteiger partial charge in [0.15, 0.2) is 5.16 Å². The number of carbonyl (C=O) groups is 2. The highest BCUT2D eigenvalue weighted by molar-refractivity contribution is 7.99. The van der Waals surface area contributed by atoms with Gasteiger partial charge in [0.05, 0.1) is 18.2 Å². The van der Waals surface area contributed by atoms with Crippen LogP contribution < -0.4 is 10.6 Å². The van der Waals surface area contributed by atoms with Gasteiger partial charge in [-0.15, -0.1) is 21.5 Å². The van der Waals surface area contributed by atoms with Crippen molar-refractivity contribution in [3.8, 4) is 0 Å². The van der Waals surface area contributed by atoms with Gasteiger partial charge in [0, 0.05) is 22.4 Å². The van der Waals surface area contributed by atoms with Crippen LogP contribution in [0.15, 0.2) is 40.3 Å². The molecular formula is C17H21N5O3S2. The second-order valence-electron chi connectivity index (χ2n) is 6.06. The topological polar surface area (TPSA) is 98.1 Å². The highest BCUT2D eigenvalue weighted by Crippen LogP contribution is 2.32. The standard InChI is InChI=1S/C17H21N5O3S2/c1-4-25-15(23)13-11(8-27-17-21-18-9-22(17)10(2)3)19-16(24)20-14(13)12-6-5-7-26-12/h5-7,9-10,14H,4,8H2,1-3H3,(H2,19,20,24). The molecule has 8 nitrogen and oxygen atoms in total. The zero-order valence-corrected chi connectivity index (χ0v) is 16.9. The molecule has 0 saturated carbocycles. The molecule has 0 aromatic carbocycles. The third kappa shape index (κ3) is 4.33. The molecule has 1 aliphatic heterocycles. The van der Waals surface area contributed by atoms with Crippen molar-refractivity contribution in [1.82, 2.24) is 25.4 Å². The van der Waals surface area contributed by atoms with Crippen molar-refractivity contribution >= 4 is 35.1 Å². The van der Waals surface area contributed by atoms with Crippen LogP contribution in [0.5, 0.6) is 0 Å². The minimum atomic E-state index is -0.531. The fourth-order valence-electron chi connectivity index (χ4n) is 2.68. The first kappa shape index (κ1) is 19.4. The van der Waals surface area contributed by atoms with Crippen molar-refractivity contribution in [1.29, 1.82) is 0 Å². The van der Waals surface area contributed by atoms with E-state index in [4.69, 9.17) is 4.74 Å². The van der Waals surface area contributed by atoms with Crippen molar-refractivity contribution < 1.29 is 14.3 Å². The van der Waals surface area contributed by atoms with Crippen LogP contribution in [0, 0.1) is 0 Å². The Kier molecular flexibility index (Phi) is 6.17. The lowest BCUT2D eigenvalue weighted by Crippen LogP contribution is -2.46. The number of ether oxygens (including phenoxy) is 1. The predicted molar refractivity (Wildman–Crippen MR) is 104 cm³/mol. The van der Waals surface area contributed by atoms with Gasteiger partial charge in [-0.05, 0) is 32.2 Å². The second kappa shape index (κ2) is 8.57. The largest absolute Gasteiger partial charge is 0.463 e. The molecule has 27 heavy (non-hydrogen) atoms. The maximum atomic E-state index is 12.6. The van der Waals surface area contributed by atoms with Crippen LogP contribution in [-0.4, -0.2) is 39.1 Å². The molecule has 0 aliphatic carbocycles. The Balaban J connectivity index is 1.93. The van der Waals surface area contributed by atoms with Crippen molar-refractivity contribution in [3.63, 3.8) is 0 Å². The van der Waals surface area contributed by atoms with Crippen LogP contribution in [0.25, 0.3) is 0 Å². The molecule has 0 spiro atoms. The fraction of sp³-hybridized carbons (Fsp3) is 0.412. The van der Waals surface area contributed by atoms with Gasteiger partial charge in [-0.3, -0.25) is 0 Å². The Morgan fingerprint density at radius 1 is 1.48 bits per heavy atom. The third-order valence-corrected chi connectivity index (χ3v) is 5.84. The van der Waals surface area contributed by atoms with Crippen LogP contribution >= 0.6 is 23.1 Å². The quantitative estimate of drug-likeness (QED) is 0.541. The van der Waals surface area contributed by atoms with E-state index in [-0.39, 0.29) is 18.7 Å². The number of nitrogens with zero attached hydrogens (tertiary/aromatic N) is 3. The summed E-state index contributed by atoms with van der Waals surface area (Å²) < 4.78 is 7.19. The number of hydrogen-bond donors (Lipinski definition) is 2. The van der Waals surface area contributed by atoms with Crippen molar-refractivity contribution in [2.45, 2.75) is 38.0 Å². The Labute approximate surface area is 165 Å². The van der Waals surface area contributed by atoms with Gasteiger partial charge in [0.25, 0.3) is 0 Å². The first-order valence-electron chi connectivity index (χ1n) is 8.54. The molecule has 144 valence electrons. The molecule has 2 N–H and O–H groups in total. The lowest BCUT2D eigenvalue weighted by atomic mass is 10.0. The van der Waals surface area contributed by atoms with Crippen molar-refractivity contribution in [3.05, 3.63) is 40.0 Å². The predicted octanol–water partition coefficient (Wildman–Crippen LogP) is 2.88. The molecule has 1 unspecified atom stereocenters. The second-order valence-corrected chi connectivity index (χ2v) is 7.98. The van der Waals surface area contributed by atoms with Crippen molar-refractivity contribution in [2.75, 3.05) is 12.4 Å². The summed E-state index contributed by atoms with van der Waals surface area (Å²) >= 11 is 2.89. The van der Waals surface area contributed by atoms with Gasteiger partial charge in [-0.2, -0.15) is 0 Å². The average Bonchev–Trinajstić information content (AvgIpc) is 3.31. The SMILES string of the molecule is CCOC(=O)C1=C(CSc2nncn2C(C)C)NC(=O)NC1c1cccs1.